The summed E-state index contributed by atoms with van der Waals surface area (Å²) in [6, 6.07) is 0. The zero-order valence-electron chi connectivity index (χ0n) is 11.6. The van der Waals surface area contributed by atoms with Gasteiger partial charge in [0.15, 0.2) is 0 Å². The van der Waals surface area contributed by atoms with Crippen molar-refractivity contribution < 1.29 is 19.4 Å². The Labute approximate surface area is 112 Å². The molecule has 7 atom stereocenters. The van der Waals surface area contributed by atoms with Gasteiger partial charge in [-0.3, -0.25) is 4.79 Å². The maximum atomic E-state index is 11.9. The zero-order valence-corrected chi connectivity index (χ0v) is 11.6. The number of esters is 1. The van der Waals surface area contributed by atoms with Crippen LogP contribution in [0.3, 0.4) is 0 Å². The molecule has 4 rings (SSSR count). The number of carbonyl (C=O) groups excluding carboxylic acids is 1. The van der Waals surface area contributed by atoms with E-state index in [0.717, 1.165) is 6.42 Å². The maximum absolute atomic E-state index is 11.9. The Balaban J connectivity index is 1.82. The highest BCUT2D eigenvalue weighted by molar-refractivity contribution is 5.75. The lowest BCUT2D eigenvalue weighted by Crippen LogP contribution is -2.39. The van der Waals surface area contributed by atoms with E-state index in [4.69, 9.17) is 9.47 Å². The van der Waals surface area contributed by atoms with Crippen LogP contribution in [0.1, 0.15) is 33.6 Å². The molecule has 0 aromatic heterocycles. The number of epoxide rings is 1. The summed E-state index contributed by atoms with van der Waals surface area (Å²) in [6.45, 7) is 6.05. The van der Waals surface area contributed by atoms with E-state index in [1.54, 1.807) is 0 Å². The maximum Gasteiger partial charge on any atom is 0.309 e. The summed E-state index contributed by atoms with van der Waals surface area (Å²) in [5.41, 5.74) is 0.749. The van der Waals surface area contributed by atoms with Crippen molar-refractivity contribution in [3.8, 4) is 0 Å². The Morgan fingerprint density at radius 1 is 1.47 bits per heavy atom. The first kappa shape index (κ1) is 11.9. The van der Waals surface area contributed by atoms with Crippen LogP contribution in [0.2, 0.25) is 0 Å². The molecule has 4 heteroatoms. The van der Waals surface area contributed by atoms with Crippen molar-refractivity contribution >= 4 is 5.97 Å². The normalized spacial score (nSPS) is 58.6. The van der Waals surface area contributed by atoms with Gasteiger partial charge < -0.3 is 14.6 Å². The molecule has 3 fully saturated rings. The Hall–Kier alpha value is -0.870. The Morgan fingerprint density at radius 2 is 2.21 bits per heavy atom. The Kier molecular flexibility index (Phi) is 2.03. The molecule has 0 aromatic carbocycles. The van der Waals surface area contributed by atoms with Crippen LogP contribution in [-0.2, 0) is 14.3 Å². The SMILES string of the molecule is CC1=CC[C@@]23O[C@]2(C)C[C@H](O)[C@@H]2[C@H](OC(=O)[C@H]2C)[C@@H]13. The van der Waals surface area contributed by atoms with Crippen molar-refractivity contribution in [1.29, 1.82) is 0 Å². The van der Waals surface area contributed by atoms with Gasteiger partial charge in [-0.25, -0.2) is 0 Å². The van der Waals surface area contributed by atoms with Gasteiger partial charge in [-0.15, -0.1) is 0 Å². The number of aliphatic hydroxyl groups is 1. The van der Waals surface area contributed by atoms with Crippen molar-refractivity contribution in [2.45, 2.75) is 57.0 Å². The average molecular weight is 264 g/mol. The number of hydrogen-bond donors (Lipinski definition) is 1. The molecule has 0 amide bonds. The third-order valence-corrected chi connectivity index (χ3v) is 5.93. The monoisotopic (exact) mass is 264 g/mol. The number of ether oxygens (including phenoxy) is 2. The number of carbonyl (C=O) groups is 1. The number of aliphatic hydroxyl groups excluding tert-OH is 1. The second kappa shape index (κ2) is 3.23. The molecule has 4 nitrogen and oxygen atoms in total. The molecule has 2 aliphatic heterocycles. The van der Waals surface area contributed by atoms with E-state index >= 15 is 0 Å². The molecule has 1 N–H and O–H groups in total. The van der Waals surface area contributed by atoms with Crippen LogP contribution >= 0.6 is 0 Å². The zero-order chi connectivity index (χ0) is 13.6. The van der Waals surface area contributed by atoms with E-state index in [1.807, 2.05) is 6.92 Å². The van der Waals surface area contributed by atoms with Crippen molar-refractivity contribution in [2.24, 2.45) is 17.8 Å². The molecule has 1 spiro atoms. The lowest BCUT2D eigenvalue weighted by molar-refractivity contribution is -0.145. The molecule has 0 aromatic rings. The van der Waals surface area contributed by atoms with Gasteiger partial charge >= 0.3 is 5.97 Å². The summed E-state index contributed by atoms with van der Waals surface area (Å²) in [7, 11) is 0. The van der Waals surface area contributed by atoms with Crippen LogP contribution < -0.4 is 0 Å². The predicted molar refractivity (Wildman–Crippen MR) is 67.2 cm³/mol. The molecule has 0 radical (unpaired) electrons. The topological polar surface area (TPSA) is 59.1 Å². The highest BCUT2D eigenvalue weighted by Gasteiger charge is 2.77. The summed E-state index contributed by atoms with van der Waals surface area (Å²) in [6.07, 6.45) is 2.95. The molecule has 19 heavy (non-hydrogen) atoms. The molecule has 2 heterocycles. The fourth-order valence-electron chi connectivity index (χ4n) is 4.84. The number of hydrogen-bond acceptors (Lipinski definition) is 4. The van der Waals surface area contributed by atoms with Crippen LogP contribution in [0.15, 0.2) is 11.6 Å². The molecular formula is C15H20O4. The molecule has 104 valence electrons. The summed E-state index contributed by atoms with van der Waals surface area (Å²) in [5.74, 6) is -0.364. The smallest absolute Gasteiger partial charge is 0.309 e. The van der Waals surface area contributed by atoms with Gasteiger partial charge in [-0.1, -0.05) is 18.6 Å². The van der Waals surface area contributed by atoms with E-state index in [9.17, 15) is 9.90 Å². The summed E-state index contributed by atoms with van der Waals surface area (Å²) >= 11 is 0. The molecule has 0 bridgehead atoms. The molecule has 1 saturated carbocycles. The fourth-order valence-corrected chi connectivity index (χ4v) is 4.84. The first-order valence-electron chi connectivity index (χ1n) is 7.15. The number of fused-ring (bicyclic) bond motifs is 2. The van der Waals surface area contributed by atoms with Gasteiger partial charge in [0.1, 0.15) is 11.7 Å². The molecular weight excluding hydrogens is 244 g/mol. The van der Waals surface area contributed by atoms with E-state index in [-0.39, 0.29) is 41.0 Å². The van der Waals surface area contributed by atoms with E-state index in [1.165, 1.54) is 5.57 Å². The third-order valence-electron chi connectivity index (χ3n) is 5.93. The summed E-state index contributed by atoms with van der Waals surface area (Å²) < 4.78 is 11.7. The lowest BCUT2D eigenvalue weighted by Gasteiger charge is -2.29. The minimum Gasteiger partial charge on any atom is -0.461 e. The Bertz CT molecular complexity index is 498. The predicted octanol–water partition coefficient (Wildman–Crippen LogP) is 1.42. The molecule has 0 unspecified atom stereocenters. The van der Waals surface area contributed by atoms with E-state index in [0.29, 0.717) is 6.42 Å². The van der Waals surface area contributed by atoms with Crippen LogP contribution in [0.25, 0.3) is 0 Å². The van der Waals surface area contributed by atoms with Crippen molar-refractivity contribution in [1.82, 2.24) is 0 Å². The van der Waals surface area contributed by atoms with E-state index in [2.05, 4.69) is 19.9 Å². The van der Waals surface area contributed by atoms with Crippen LogP contribution in [-0.4, -0.2) is 34.5 Å². The van der Waals surface area contributed by atoms with Crippen LogP contribution in [0.4, 0.5) is 0 Å². The van der Waals surface area contributed by atoms with Crippen LogP contribution in [0, 0.1) is 17.8 Å². The summed E-state index contributed by atoms with van der Waals surface area (Å²) in [5, 5.41) is 10.5. The summed E-state index contributed by atoms with van der Waals surface area (Å²) in [4.78, 5) is 11.9. The minimum atomic E-state index is -0.519. The average Bonchev–Trinajstić information content (AvgIpc) is 2.58. The van der Waals surface area contributed by atoms with Gasteiger partial charge in [0.05, 0.1) is 17.6 Å². The number of rotatable bonds is 0. The second-order valence-corrected chi connectivity index (χ2v) is 6.89. The van der Waals surface area contributed by atoms with Crippen molar-refractivity contribution in [2.75, 3.05) is 0 Å². The van der Waals surface area contributed by atoms with Crippen molar-refractivity contribution in [3.63, 3.8) is 0 Å². The fraction of sp³-hybridized carbons (Fsp3) is 0.800. The highest BCUT2D eigenvalue weighted by Crippen LogP contribution is 2.67. The largest absolute Gasteiger partial charge is 0.461 e. The van der Waals surface area contributed by atoms with Gasteiger partial charge in [-0.05, 0) is 20.3 Å². The standard InChI is InChI=1S/C15H20O4/c1-7-4-5-15-11(7)12-10(8(2)13(17)18-12)9(16)6-14(15,3)19-15/h4,8-12,16H,5-6H2,1-3H3/t8-,9-,10+,11+,12-,14+,15-/m0/s1. The lowest BCUT2D eigenvalue weighted by atomic mass is 9.77. The van der Waals surface area contributed by atoms with Gasteiger partial charge in [0.2, 0.25) is 0 Å². The molecule has 4 aliphatic rings. The van der Waals surface area contributed by atoms with Gasteiger partial charge in [0.25, 0.3) is 0 Å². The van der Waals surface area contributed by atoms with Crippen LogP contribution in [0.5, 0.6) is 0 Å². The Morgan fingerprint density at radius 3 is 2.95 bits per heavy atom. The second-order valence-electron chi connectivity index (χ2n) is 6.89. The van der Waals surface area contributed by atoms with Crippen molar-refractivity contribution in [3.05, 3.63) is 11.6 Å². The third kappa shape index (κ3) is 1.20. The van der Waals surface area contributed by atoms with E-state index < -0.39 is 6.10 Å². The first-order valence-corrected chi connectivity index (χ1v) is 7.15. The molecule has 2 aliphatic carbocycles. The molecule has 2 saturated heterocycles. The minimum absolute atomic E-state index is 0.0935. The van der Waals surface area contributed by atoms with Gasteiger partial charge in [0, 0.05) is 18.3 Å². The highest BCUT2D eigenvalue weighted by atomic mass is 16.6. The quantitative estimate of drug-likeness (QED) is 0.408. The first-order chi connectivity index (χ1) is 8.90. The van der Waals surface area contributed by atoms with Gasteiger partial charge in [-0.2, -0.15) is 0 Å².